The summed E-state index contributed by atoms with van der Waals surface area (Å²) in [5.41, 5.74) is 8.07. The minimum atomic E-state index is 0.502. The maximum Gasteiger partial charge on any atom is -0.00172 e. The van der Waals surface area contributed by atoms with Crippen molar-refractivity contribution in [3.05, 3.63) is 11.6 Å². The van der Waals surface area contributed by atoms with Crippen LogP contribution in [0.15, 0.2) is 11.6 Å². The van der Waals surface area contributed by atoms with Gasteiger partial charge in [-0.15, -0.1) is 0 Å². The van der Waals surface area contributed by atoms with Crippen LogP contribution in [0.4, 0.5) is 0 Å². The van der Waals surface area contributed by atoms with E-state index in [-0.39, 0.29) is 0 Å². The van der Waals surface area contributed by atoms with Crippen molar-refractivity contribution in [3.63, 3.8) is 0 Å². The fourth-order valence-electron chi connectivity index (χ4n) is 3.07. The third-order valence-electron chi connectivity index (χ3n) is 3.52. The Labute approximate surface area is 75.0 Å². The lowest BCUT2D eigenvalue weighted by molar-refractivity contribution is 0.180. The number of rotatable bonds is 1. The predicted octanol–water partition coefficient (Wildman–Crippen LogP) is 2.47. The lowest BCUT2D eigenvalue weighted by Gasteiger charge is -2.42. The average molecular weight is 165 g/mol. The zero-order chi connectivity index (χ0) is 8.60. The van der Waals surface area contributed by atoms with E-state index >= 15 is 0 Å². The van der Waals surface area contributed by atoms with Gasteiger partial charge in [-0.3, -0.25) is 0 Å². The van der Waals surface area contributed by atoms with Gasteiger partial charge in [0.1, 0.15) is 0 Å². The van der Waals surface area contributed by atoms with Crippen LogP contribution in [0.2, 0.25) is 0 Å². The van der Waals surface area contributed by atoms with Crippen molar-refractivity contribution in [2.75, 3.05) is 6.54 Å². The van der Waals surface area contributed by atoms with Crippen LogP contribution in [0.3, 0.4) is 0 Å². The van der Waals surface area contributed by atoms with Gasteiger partial charge in [0.05, 0.1) is 0 Å². The molecule has 1 saturated carbocycles. The van der Waals surface area contributed by atoms with E-state index in [9.17, 15) is 0 Å². The average Bonchev–Trinajstić information content (AvgIpc) is 2.03. The molecule has 2 unspecified atom stereocenters. The molecule has 12 heavy (non-hydrogen) atoms. The van der Waals surface area contributed by atoms with Crippen molar-refractivity contribution >= 4 is 0 Å². The minimum absolute atomic E-state index is 0.502. The monoisotopic (exact) mass is 165 g/mol. The van der Waals surface area contributed by atoms with Gasteiger partial charge in [0.15, 0.2) is 0 Å². The Balaban J connectivity index is 2.22. The van der Waals surface area contributed by atoms with Crippen molar-refractivity contribution in [1.82, 2.24) is 0 Å². The van der Waals surface area contributed by atoms with Gasteiger partial charge >= 0.3 is 0 Å². The zero-order valence-electron chi connectivity index (χ0n) is 7.97. The first-order valence-electron chi connectivity index (χ1n) is 5.14. The largest absolute Gasteiger partial charge is 0.330 e. The fourth-order valence-corrected chi connectivity index (χ4v) is 3.07. The molecule has 2 aliphatic rings. The van der Waals surface area contributed by atoms with E-state index in [0.717, 1.165) is 12.5 Å². The molecule has 0 saturated heterocycles. The van der Waals surface area contributed by atoms with Gasteiger partial charge in [-0.05, 0) is 50.0 Å². The predicted molar refractivity (Wildman–Crippen MR) is 51.8 cm³/mol. The molecule has 2 aliphatic carbocycles. The van der Waals surface area contributed by atoms with Crippen molar-refractivity contribution < 1.29 is 0 Å². The second kappa shape index (κ2) is 2.88. The third kappa shape index (κ3) is 1.31. The molecule has 0 aromatic rings. The highest BCUT2D eigenvalue weighted by Crippen LogP contribution is 2.47. The first-order chi connectivity index (χ1) is 5.74. The molecule has 0 aromatic heterocycles. The molecule has 1 nitrogen and oxygen atoms in total. The van der Waals surface area contributed by atoms with Gasteiger partial charge in [-0.25, -0.2) is 0 Å². The molecule has 0 aromatic carbocycles. The number of hydrogen-bond acceptors (Lipinski definition) is 1. The summed E-state index contributed by atoms with van der Waals surface area (Å²) in [5.74, 6) is 0.776. The highest BCUT2D eigenvalue weighted by Gasteiger charge is 2.36. The molecule has 0 radical (unpaired) electrons. The quantitative estimate of drug-likeness (QED) is 0.593. The lowest BCUT2D eigenvalue weighted by Crippen LogP contribution is -2.37. The number of allylic oxidation sites excluding steroid dienone is 2. The summed E-state index contributed by atoms with van der Waals surface area (Å²) in [6.45, 7) is 3.23. The smallest absolute Gasteiger partial charge is 0.00172 e. The molecule has 68 valence electrons. The summed E-state index contributed by atoms with van der Waals surface area (Å²) in [6, 6.07) is 0. The van der Waals surface area contributed by atoms with Crippen LogP contribution in [-0.4, -0.2) is 6.54 Å². The van der Waals surface area contributed by atoms with Gasteiger partial charge in [0.2, 0.25) is 0 Å². The Morgan fingerprint density at radius 3 is 3.25 bits per heavy atom. The second-order valence-corrected chi connectivity index (χ2v) is 4.74. The minimum Gasteiger partial charge on any atom is -0.330 e. The summed E-state index contributed by atoms with van der Waals surface area (Å²) >= 11 is 0. The zero-order valence-corrected chi connectivity index (χ0v) is 7.97. The maximum atomic E-state index is 5.88. The summed E-state index contributed by atoms with van der Waals surface area (Å²) < 4.78 is 0. The van der Waals surface area contributed by atoms with Gasteiger partial charge in [0, 0.05) is 0 Å². The molecule has 1 heteroatoms. The van der Waals surface area contributed by atoms with Crippen LogP contribution in [0.25, 0.3) is 0 Å². The second-order valence-electron chi connectivity index (χ2n) is 4.74. The van der Waals surface area contributed by atoms with Crippen LogP contribution in [0.1, 0.15) is 39.0 Å². The number of nitrogens with two attached hydrogens (primary N) is 1. The summed E-state index contributed by atoms with van der Waals surface area (Å²) in [6.07, 6.45) is 9.18. The van der Waals surface area contributed by atoms with Gasteiger partial charge in [-0.2, -0.15) is 0 Å². The summed E-state index contributed by atoms with van der Waals surface area (Å²) in [5, 5.41) is 0. The third-order valence-corrected chi connectivity index (χ3v) is 3.52. The molecule has 2 rings (SSSR count). The maximum absolute atomic E-state index is 5.88. The normalized spacial score (nSPS) is 40.8. The van der Waals surface area contributed by atoms with Crippen LogP contribution in [0, 0.1) is 11.3 Å². The number of hydrogen-bond donors (Lipinski definition) is 1. The lowest BCUT2D eigenvalue weighted by atomic mass is 9.64. The van der Waals surface area contributed by atoms with Crippen LogP contribution < -0.4 is 5.73 Å². The van der Waals surface area contributed by atoms with Crippen LogP contribution >= 0.6 is 0 Å². The summed E-state index contributed by atoms with van der Waals surface area (Å²) in [4.78, 5) is 0. The van der Waals surface area contributed by atoms with Crippen molar-refractivity contribution in [1.29, 1.82) is 0 Å². The molecule has 1 fully saturated rings. The Bertz CT molecular complexity index is 207. The SMILES string of the molecule is CC1C=C2CCCC(CN)(C2)C1. The fraction of sp³-hybridized carbons (Fsp3) is 0.818. The van der Waals surface area contributed by atoms with Gasteiger partial charge < -0.3 is 5.73 Å². The van der Waals surface area contributed by atoms with Crippen molar-refractivity contribution in [2.24, 2.45) is 17.1 Å². The first-order valence-corrected chi connectivity index (χ1v) is 5.14. The standard InChI is InChI=1S/C11H19N/c1-9-5-10-3-2-4-11(6-9,7-10)8-12/h5,9H,2-4,6-8,12H2,1H3. The van der Waals surface area contributed by atoms with Crippen LogP contribution in [-0.2, 0) is 0 Å². The van der Waals surface area contributed by atoms with E-state index in [4.69, 9.17) is 5.73 Å². The highest BCUT2D eigenvalue weighted by atomic mass is 14.6. The molecular formula is C11H19N. The van der Waals surface area contributed by atoms with E-state index in [1.165, 1.54) is 32.1 Å². The summed E-state index contributed by atoms with van der Waals surface area (Å²) in [7, 11) is 0. The number of fused-ring (bicyclic) bond motifs is 2. The van der Waals surface area contributed by atoms with Crippen LogP contribution in [0.5, 0.6) is 0 Å². The highest BCUT2D eigenvalue weighted by molar-refractivity contribution is 5.16. The molecule has 0 heterocycles. The van der Waals surface area contributed by atoms with Crippen molar-refractivity contribution in [2.45, 2.75) is 39.0 Å². The molecule has 0 amide bonds. The van der Waals surface area contributed by atoms with E-state index in [1.807, 2.05) is 0 Å². The van der Waals surface area contributed by atoms with Gasteiger partial charge in [-0.1, -0.05) is 18.6 Å². The van der Waals surface area contributed by atoms with E-state index in [2.05, 4.69) is 13.0 Å². The molecule has 2 bridgehead atoms. The topological polar surface area (TPSA) is 26.0 Å². The Kier molecular flexibility index (Phi) is 1.99. The molecule has 2 atom stereocenters. The first kappa shape index (κ1) is 8.31. The molecule has 2 N–H and O–H groups in total. The Morgan fingerprint density at radius 2 is 2.50 bits per heavy atom. The molecular weight excluding hydrogens is 146 g/mol. The molecule has 0 aliphatic heterocycles. The van der Waals surface area contributed by atoms with Gasteiger partial charge in [0.25, 0.3) is 0 Å². The van der Waals surface area contributed by atoms with E-state index in [0.29, 0.717) is 5.41 Å². The Hall–Kier alpha value is -0.300. The van der Waals surface area contributed by atoms with E-state index in [1.54, 1.807) is 5.57 Å². The Morgan fingerprint density at radius 1 is 1.67 bits per heavy atom. The van der Waals surface area contributed by atoms with E-state index < -0.39 is 0 Å². The van der Waals surface area contributed by atoms with Crippen molar-refractivity contribution in [3.8, 4) is 0 Å². The molecule has 0 spiro atoms.